The number of nitrogens with one attached hydrogen (secondary N) is 2. The predicted octanol–water partition coefficient (Wildman–Crippen LogP) is 3.10. The summed E-state index contributed by atoms with van der Waals surface area (Å²) in [7, 11) is 0. The molecule has 0 radical (unpaired) electrons. The maximum Gasteiger partial charge on any atom is 0.228 e. The SMILES string of the molecule is CC(=O)Nc1ccc(CC(=O)Nc2cccc(F)c2F)cc1. The van der Waals surface area contributed by atoms with Gasteiger partial charge < -0.3 is 10.6 Å². The van der Waals surface area contributed by atoms with Gasteiger partial charge in [0.15, 0.2) is 11.6 Å². The Morgan fingerprint density at radius 2 is 1.68 bits per heavy atom. The fraction of sp³-hybridized carbons (Fsp3) is 0.125. The standard InChI is InChI=1S/C16H14F2N2O2/c1-10(21)19-12-7-5-11(6-8-12)9-15(22)20-14-4-2-3-13(17)16(14)18/h2-8H,9H2,1H3,(H,19,21)(H,20,22). The van der Waals surface area contributed by atoms with E-state index in [1.54, 1.807) is 24.3 Å². The minimum Gasteiger partial charge on any atom is -0.326 e. The van der Waals surface area contributed by atoms with Gasteiger partial charge >= 0.3 is 0 Å². The van der Waals surface area contributed by atoms with E-state index >= 15 is 0 Å². The van der Waals surface area contributed by atoms with Gasteiger partial charge in [0.2, 0.25) is 11.8 Å². The minimum atomic E-state index is -1.09. The second kappa shape index (κ2) is 6.80. The van der Waals surface area contributed by atoms with Gasteiger partial charge in [-0.3, -0.25) is 9.59 Å². The molecule has 2 rings (SSSR count). The molecule has 2 amide bonds. The number of anilines is 2. The summed E-state index contributed by atoms with van der Waals surface area (Å²) in [5, 5.41) is 4.93. The Hall–Kier alpha value is -2.76. The monoisotopic (exact) mass is 304 g/mol. The molecule has 0 fully saturated rings. The van der Waals surface area contributed by atoms with Crippen molar-refractivity contribution in [1.82, 2.24) is 0 Å². The van der Waals surface area contributed by atoms with Crippen LogP contribution in [-0.2, 0) is 16.0 Å². The lowest BCUT2D eigenvalue weighted by Crippen LogP contribution is -2.15. The summed E-state index contributed by atoms with van der Waals surface area (Å²) in [6.07, 6.45) is 0.0102. The molecule has 6 heteroatoms. The molecule has 114 valence electrons. The number of hydrogen-bond acceptors (Lipinski definition) is 2. The molecular formula is C16H14F2N2O2. The zero-order valence-electron chi connectivity index (χ0n) is 11.8. The first-order chi connectivity index (χ1) is 10.5. The third kappa shape index (κ3) is 4.12. The molecule has 0 saturated heterocycles. The third-order valence-corrected chi connectivity index (χ3v) is 2.86. The summed E-state index contributed by atoms with van der Waals surface area (Å²) in [4.78, 5) is 22.7. The summed E-state index contributed by atoms with van der Waals surface area (Å²) < 4.78 is 26.5. The number of rotatable bonds is 4. The van der Waals surface area contributed by atoms with E-state index in [0.717, 1.165) is 6.07 Å². The third-order valence-electron chi connectivity index (χ3n) is 2.86. The van der Waals surface area contributed by atoms with Crippen LogP contribution in [0.25, 0.3) is 0 Å². The first-order valence-corrected chi connectivity index (χ1v) is 6.56. The molecule has 4 nitrogen and oxygen atoms in total. The van der Waals surface area contributed by atoms with Gasteiger partial charge in [0, 0.05) is 12.6 Å². The van der Waals surface area contributed by atoms with Crippen LogP contribution in [0.5, 0.6) is 0 Å². The van der Waals surface area contributed by atoms with Crippen LogP contribution < -0.4 is 10.6 Å². The van der Waals surface area contributed by atoms with Crippen molar-refractivity contribution >= 4 is 23.2 Å². The van der Waals surface area contributed by atoms with Crippen LogP contribution in [0.3, 0.4) is 0 Å². The molecule has 0 saturated carbocycles. The van der Waals surface area contributed by atoms with Gasteiger partial charge in [-0.2, -0.15) is 0 Å². The number of benzene rings is 2. The van der Waals surface area contributed by atoms with Crippen molar-refractivity contribution < 1.29 is 18.4 Å². The molecule has 0 aromatic heterocycles. The number of amides is 2. The van der Waals surface area contributed by atoms with E-state index < -0.39 is 17.5 Å². The summed E-state index contributed by atoms with van der Waals surface area (Å²) in [5.41, 5.74) is 1.11. The lowest BCUT2D eigenvalue weighted by atomic mass is 10.1. The van der Waals surface area contributed by atoms with Crippen molar-refractivity contribution in [2.24, 2.45) is 0 Å². The molecule has 0 aliphatic rings. The Kier molecular flexibility index (Phi) is 4.83. The molecule has 0 aliphatic carbocycles. The number of hydrogen-bond donors (Lipinski definition) is 2. The van der Waals surface area contributed by atoms with Crippen molar-refractivity contribution in [2.75, 3.05) is 10.6 Å². The molecule has 2 aromatic carbocycles. The van der Waals surface area contributed by atoms with E-state index in [2.05, 4.69) is 10.6 Å². The maximum absolute atomic E-state index is 13.4. The van der Waals surface area contributed by atoms with Crippen LogP contribution >= 0.6 is 0 Å². The fourth-order valence-corrected chi connectivity index (χ4v) is 1.89. The van der Waals surface area contributed by atoms with Crippen LogP contribution in [0.1, 0.15) is 12.5 Å². The quantitative estimate of drug-likeness (QED) is 0.912. The Balaban J connectivity index is 2.00. The van der Waals surface area contributed by atoms with E-state index in [1.807, 2.05) is 0 Å². The van der Waals surface area contributed by atoms with Crippen LogP contribution in [0, 0.1) is 11.6 Å². The predicted molar refractivity (Wildman–Crippen MR) is 79.4 cm³/mol. The molecule has 2 aromatic rings. The molecular weight excluding hydrogens is 290 g/mol. The van der Waals surface area contributed by atoms with Crippen molar-refractivity contribution in [2.45, 2.75) is 13.3 Å². The average molecular weight is 304 g/mol. The number of carbonyl (C=O) groups is 2. The van der Waals surface area contributed by atoms with E-state index in [1.165, 1.54) is 19.1 Å². The normalized spacial score (nSPS) is 10.1. The average Bonchev–Trinajstić information content (AvgIpc) is 2.45. The summed E-state index contributed by atoms with van der Waals surface area (Å²) in [6.45, 7) is 1.40. The molecule has 0 unspecified atom stereocenters. The lowest BCUT2D eigenvalue weighted by Gasteiger charge is -2.07. The summed E-state index contributed by atoms with van der Waals surface area (Å²) >= 11 is 0. The van der Waals surface area contributed by atoms with Crippen molar-refractivity contribution in [3.8, 4) is 0 Å². The lowest BCUT2D eigenvalue weighted by molar-refractivity contribution is -0.116. The second-order valence-electron chi connectivity index (χ2n) is 4.70. The van der Waals surface area contributed by atoms with Gasteiger partial charge in [0.25, 0.3) is 0 Å². The van der Waals surface area contributed by atoms with Gasteiger partial charge in [-0.25, -0.2) is 8.78 Å². The zero-order valence-corrected chi connectivity index (χ0v) is 11.8. The van der Waals surface area contributed by atoms with Gasteiger partial charge in [-0.1, -0.05) is 18.2 Å². The van der Waals surface area contributed by atoms with E-state index in [9.17, 15) is 18.4 Å². The molecule has 0 spiro atoms. The van der Waals surface area contributed by atoms with Gasteiger partial charge in [0.05, 0.1) is 12.1 Å². The second-order valence-corrected chi connectivity index (χ2v) is 4.70. The Morgan fingerprint density at radius 3 is 2.32 bits per heavy atom. The summed E-state index contributed by atoms with van der Waals surface area (Å²) in [5.74, 6) is -2.75. The Bertz CT molecular complexity index is 700. The topological polar surface area (TPSA) is 58.2 Å². The minimum absolute atomic E-state index is 0.0102. The fourth-order valence-electron chi connectivity index (χ4n) is 1.89. The van der Waals surface area contributed by atoms with E-state index in [-0.39, 0.29) is 18.0 Å². The molecule has 0 heterocycles. The number of halogens is 2. The first-order valence-electron chi connectivity index (χ1n) is 6.56. The van der Waals surface area contributed by atoms with E-state index in [0.29, 0.717) is 11.3 Å². The molecule has 0 aliphatic heterocycles. The van der Waals surface area contributed by atoms with Crippen LogP contribution in [0.15, 0.2) is 42.5 Å². The highest BCUT2D eigenvalue weighted by molar-refractivity contribution is 5.92. The molecule has 2 N–H and O–H groups in total. The number of carbonyl (C=O) groups excluding carboxylic acids is 2. The van der Waals surface area contributed by atoms with Crippen molar-refractivity contribution in [3.63, 3.8) is 0 Å². The van der Waals surface area contributed by atoms with Crippen LogP contribution in [0.4, 0.5) is 20.2 Å². The highest BCUT2D eigenvalue weighted by Crippen LogP contribution is 2.17. The molecule has 0 bridgehead atoms. The van der Waals surface area contributed by atoms with Crippen molar-refractivity contribution in [3.05, 3.63) is 59.7 Å². The first kappa shape index (κ1) is 15.6. The van der Waals surface area contributed by atoms with Crippen molar-refractivity contribution in [1.29, 1.82) is 0 Å². The maximum atomic E-state index is 13.4. The van der Waals surface area contributed by atoms with Gasteiger partial charge in [-0.15, -0.1) is 0 Å². The highest BCUT2D eigenvalue weighted by atomic mass is 19.2. The Labute approximate surface area is 126 Å². The largest absolute Gasteiger partial charge is 0.326 e. The van der Waals surface area contributed by atoms with Crippen LogP contribution in [0.2, 0.25) is 0 Å². The smallest absolute Gasteiger partial charge is 0.228 e. The van der Waals surface area contributed by atoms with Gasteiger partial charge in [-0.05, 0) is 29.8 Å². The summed E-state index contributed by atoms with van der Waals surface area (Å²) in [6, 6.07) is 10.2. The Morgan fingerprint density at radius 1 is 1.00 bits per heavy atom. The van der Waals surface area contributed by atoms with Crippen LogP contribution in [-0.4, -0.2) is 11.8 Å². The molecule has 22 heavy (non-hydrogen) atoms. The van der Waals surface area contributed by atoms with E-state index in [4.69, 9.17) is 0 Å². The zero-order chi connectivity index (χ0) is 16.1. The molecule has 0 atom stereocenters. The van der Waals surface area contributed by atoms with Gasteiger partial charge in [0.1, 0.15) is 0 Å². The highest BCUT2D eigenvalue weighted by Gasteiger charge is 2.11.